The second-order valence-electron chi connectivity index (χ2n) is 5.32. The molecular weight excluding hydrogens is 306 g/mol. The number of carbonyl (C=O) groups is 1. The maximum Gasteiger partial charge on any atom is 0.337 e. The Kier molecular flexibility index (Phi) is 4.67. The van der Waals surface area contributed by atoms with E-state index in [1.54, 1.807) is 35.2 Å². The van der Waals surface area contributed by atoms with Crippen molar-refractivity contribution in [3.8, 4) is 0 Å². The molecule has 0 fully saturated rings. The summed E-state index contributed by atoms with van der Waals surface area (Å²) in [4.78, 5) is 11.5. The van der Waals surface area contributed by atoms with Gasteiger partial charge in [0.2, 0.25) is 0 Å². The van der Waals surface area contributed by atoms with Crippen LogP contribution in [-0.4, -0.2) is 33.0 Å². The number of aliphatic hydroxyl groups excluding tert-OH is 1. The number of hydrogen-bond donors (Lipinski definition) is 1. The van der Waals surface area contributed by atoms with E-state index >= 15 is 0 Å². The zero-order chi connectivity index (χ0) is 16.9. The Balaban J connectivity index is 1.82. The van der Waals surface area contributed by atoms with Crippen molar-refractivity contribution in [1.82, 2.24) is 14.8 Å². The van der Waals surface area contributed by atoms with Gasteiger partial charge in [0.15, 0.2) is 5.82 Å². The van der Waals surface area contributed by atoms with E-state index in [4.69, 9.17) is 0 Å². The van der Waals surface area contributed by atoms with Crippen molar-refractivity contribution in [3.05, 3.63) is 83.4 Å². The summed E-state index contributed by atoms with van der Waals surface area (Å²) in [6, 6.07) is 16.5. The van der Waals surface area contributed by atoms with Crippen LogP contribution in [0.4, 0.5) is 0 Å². The highest BCUT2D eigenvalue weighted by Crippen LogP contribution is 2.21. The minimum Gasteiger partial charge on any atom is -0.465 e. The molecule has 0 aliphatic heterocycles. The molecule has 1 atom stereocenters. The Morgan fingerprint density at radius 1 is 1.17 bits per heavy atom. The third kappa shape index (κ3) is 3.33. The number of hydrogen-bond acceptors (Lipinski definition) is 5. The molecule has 6 heteroatoms. The number of carbonyl (C=O) groups excluding carboxylic acids is 1. The van der Waals surface area contributed by atoms with E-state index in [9.17, 15) is 9.90 Å². The monoisotopic (exact) mass is 323 g/mol. The lowest BCUT2D eigenvalue weighted by Crippen LogP contribution is -2.11. The quantitative estimate of drug-likeness (QED) is 0.728. The molecule has 1 aromatic heterocycles. The Hall–Kier alpha value is -2.99. The summed E-state index contributed by atoms with van der Waals surface area (Å²) in [5.41, 5.74) is 2.15. The molecule has 2 aromatic carbocycles. The van der Waals surface area contributed by atoms with Crippen molar-refractivity contribution in [1.29, 1.82) is 0 Å². The number of ether oxygens (including phenoxy) is 1. The van der Waals surface area contributed by atoms with Gasteiger partial charge in [-0.05, 0) is 23.3 Å². The van der Waals surface area contributed by atoms with E-state index in [1.165, 1.54) is 7.11 Å². The SMILES string of the molecule is COC(=O)c1ccc(C(O)c2nncn2Cc2ccccc2)cc1. The van der Waals surface area contributed by atoms with Crippen LogP contribution >= 0.6 is 0 Å². The molecule has 1 N–H and O–H groups in total. The van der Waals surface area contributed by atoms with Crippen LogP contribution in [0.25, 0.3) is 0 Å². The molecule has 6 nitrogen and oxygen atoms in total. The van der Waals surface area contributed by atoms with Gasteiger partial charge in [-0.25, -0.2) is 4.79 Å². The second kappa shape index (κ2) is 7.06. The third-order valence-corrected chi connectivity index (χ3v) is 3.73. The zero-order valence-corrected chi connectivity index (χ0v) is 13.2. The normalized spacial score (nSPS) is 11.9. The highest BCUT2D eigenvalue weighted by Gasteiger charge is 2.18. The average molecular weight is 323 g/mol. The Morgan fingerprint density at radius 2 is 1.88 bits per heavy atom. The van der Waals surface area contributed by atoms with Crippen LogP contribution in [-0.2, 0) is 11.3 Å². The van der Waals surface area contributed by atoms with Crippen LogP contribution in [0.15, 0.2) is 60.9 Å². The number of aliphatic hydroxyl groups is 1. The minimum atomic E-state index is -0.928. The van der Waals surface area contributed by atoms with Gasteiger partial charge in [0, 0.05) is 0 Å². The summed E-state index contributed by atoms with van der Waals surface area (Å²) in [7, 11) is 1.33. The average Bonchev–Trinajstić information content (AvgIpc) is 3.09. The van der Waals surface area contributed by atoms with Crippen molar-refractivity contribution in [3.63, 3.8) is 0 Å². The van der Waals surface area contributed by atoms with Crippen LogP contribution in [0, 0.1) is 0 Å². The lowest BCUT2D eigenvalue weighted by Gasteiger charge is -2.13. The number of esters is 1. The van der Waals surface area contributed by atoms with Gasteiger partial charge in [0.25, 0.3) is 0 Å². The fourth-order valence-electron chi connectivity index (χ4n) is 2.45. The zero-order valence-electron chi connectivity index (χ0n) is 13.2. The van der Waals surface area contributed by atoms with Gasteiger partial charge >= 0.3 is 5.97 Å². The predicted octanol–water partition coefficient (Wildman–Crippen LogP) is 2.19. The number of benzene rings is 2. The van der Waals surface area contributed by atoms with Crippen LogP contribution in [0.1, 0.15) is 33.4 Å². The van der Waals surface area contributed by atoms with E-state index in [2.05, 4.69) is 14.9 Å². The fourth-order valence-corrected chi connectivity index (χ4v) is 2.45. The maximum atomic E-state index is 11.5. The molecule has 0 amide bonds. The van der Waals surface area contributed by atoms with Crippen molar-refractivity contribution < 1.29 is 14.6 Å². The lowest BCUT2D eigenvalue weighted by atomic mass is 10.1. The molecule has 3 aromatic rings. The number of aromatic nitrogens is 3. The third-order valence-electron chi connectivity index (χ3n) is 3.73. The van der Waals surface area contributed by atoms with Crippen LogP contribution in [0.3, 0.4) is 0 Å². The summed E-state index contributed by atoms with van der Waals surface area (Å²) in [6.07, 6.45) is 0.664. The van der Waals surface area contributed by atoms with Gasteiger partial charge in [-0.2, -0.15) is 0 Å². The Bertz CT molecular complexity index is 813. The molecular formula is C18H17N3O3. The summed E-state index contributed by atoms with van der Waals surface area (Å²) in [5, 5.41) is 18.5. The predicted molar refractivity (Wildman–Crippen MR) is 87.4 cm³/mol. The topological polar surface area (TPSA) is 77.2 Å². The molecule has 0 saturated carbocycles. The van der Waals surface area contributed by atoms with Crippen molar-refractivity contribution in [2.75, 3.05) is 7.11 Å². The van der Waals surface area contributed by atoms with Gasteiger partial charge < -0.3 is 14.4 Å². The van der Waals surface area contributed by atoms with Crippen molar-refractivity contribution in [2.45, 2.75) is 12.6 Å². The largest absolute Gasteiger partial charge is 0.465 e. The van der Waals surface area contributed by atoms with E-state index in [0.29, 0.717) is 23.5 Å². The van der Waals surface area contributed by atoms with Gasteiger partial charge in [-0.3, -0.25) is 0 Å². The first-order valence-corrected chi connectivity index (χ1v) is 7.47. The first kappa shape index (κ1) is 15.9. The molecule has 0 spiro atoms. The summed E-state index contributed by atoms with van der Waals surface area (Å²) < 4.78 is 6.47. The number of nitrogens with zero attached hydrogens (tertiary/aromatic N) is 3. The molecule has 122 valence electrons. The first-order valence-electron chi connectivity index (χ1n) is 7.47. The highest BCUT2D eigenvalue weighted by atomic mass is 16.5. The van der Waals surface area contributed by atoms with Gasteiger partial charge in [0.1, 0.15) is 12.4 Å². The summed E-state index contributed by atoms with van der Waals surface area (Å²) >= 11 is 0. The van der Waals surface area contributed by atoms with Gasteiger partial charge in [0.05, 0.1) is 19.2 Å². The standard InChI is InChI=1S/C18H17N3O3/c1-24-18(23)15-9-7-14(8-10-15)16(22)17-20-19-12-21(17)11-13-5-3-2-4-6-13/h2-10,12,16,22H,11H2,1H3. The van der Waals surface area contributed by atoms with E-state index in [0.717, 1.165) is 5.56 Å². The lowest BCUT2D eigenvalue weighted by molar-refractivity contribution is 0.0600. The van der Waals surface area contributed by atoms with Gasteiger partial charge in [-0.15, -0.1) is 10.2 Å². The minimum absolute atomic E-state index is 0.414. The molecule has 1 unspecified atom stereocenters. The number of methoxy groups -OCH3 is 1. The highest BCUT2D eigenvalue weighted by molar-refractivity contribution is 5.89. The van der Waals surface area contributed by atoms with Crippen LogP contribution < -0.4 is 0 Å². The Morgan fingerprint density at radius 3 is 2.54 bits per heavy atom. The molecule has 0 aliphatic carbocycles. The first-order chi connectivity index (χ1) is 11.7. The molecule has 24 heavy (non-hydrogen) atoms. The smallest absolute Gasteiger partial charge is 0.337 e. The van der Waals surface area contributed by atoms with Crippen LogP contribution in [0.2, 0.25) is 0 Å². The van der Waals surface area contributed by atoms with E-state index in [-0.39, 0.29) is 0 Å². The molecule has 3 rings (SSSR count). The number of rotatable bonds is 5. The summed E-state index contributed by atoms with van der Waals surface area (Å²) in [5.74, 6) is 0.0351. The maximum absolute atomic E-state index is 11.5. The molecule has 1 heterocycles. The van der Waals surface area contributed by atoms with E-state index in [1.807, 2.05) is 30.3 Å². The van der Waals surface area contributed by atoms with Crippen LogP contribution in [0.5, 0.6) is 0 Å². The molecule has 0 saturated heterocycles. The van der Waals surface area contributed by atoms with E-state index < -0.39 is 12.1 Å². The second-order valence-corrected chi connectivity index (χ2v) is 5.32. The molecule has 0 aliphatic rings. The molecule has 0 bridgehead atoms. The Labute approximate surface area is 139 Å². The van der Waals surface area contributed by atoms with Crippen molar-refractivity contribution in [2.24, 2.45) is 0 Å². The molecule has 0 radical (unpaired) electrons. The van der Waals surface area contributed by atoms with Gasteiger partial charge in [-0.1, -0.05) is 42.5 Å². The fraction of sp³-hybridized carbons (Fsp3) is 0.167. The van der Waals surface area contributed by atoms with Crippen molar-refractivity contribution >= 4 is 5.97 Å². The summed E-state index contributed by atoms with van der Waals surface area (Å²) in [6.45, 7) is 0.570.